The van der Waals surface area contributed by atoms with Gasteiger partial charge in [0.1, 0.15) is 10.8 Å². The van der Waals surface area contributed by atoms with Crippen LogP contribution in [0.5, 0.6) is 5.75 Å². The molecule has 2 aromatic carbocycles. The van der Waals surface area contributed by atoms with E-state index in [1.165, 1.54) is 0 Å². The summed E-state index contributed by atoms with van der Waals surface area (Å²) in [6.07, 6.45) is 0. The number of thiazole rings is 1. The maximum absolute atomic E-state index is 13.4. The summed E-state index contributed by atoms with van der Waals surface area (Å²) in [6.45, 7) is 6.76. The monoisotopic (exact) mass is 378 g/mol. The predicted molar refractivity (Wildman–Crippen MR) is 110 cm³/mol. The van der Waals surface area contributed by atoms with Crippen molar-refractivity contribution in [2.75, 3.05) is 13.7 Å². The number of aromatic nitrogens is 1. The lowest BCUT2D eigenvalue weighted by Gasteiger charge is -2.34. The van der Waals surface area contributed by atoms with Crippen LogP contribution in [0.25, 0.3) is 15.8 Å². The second-order valence-corrected chi connectivity index (χ2v) is 8.32. The molecule has 0 N–H and O–H groups in total. The Kier molecular flexibility index (Phi) is 4.27. The molecule has 0 saturated carbocycles. The Morgan fingerprint density at radius 2 is 1.81 bits per heavy atom. The van der Waals surface area contributed by atoms with Crippen LogP contribution >= 0.6 is 11.3 Å². The minimum absolute atomic E-state index is 0.0289. The van der Waals surface area contributed by atoms with Gasteiger partial charge in [-0.1, -0.05) is 30.3 Å². The summed E-state index contributed by atoms with van der Waals surface area (Å²) in [4.78, 5) is 20.1. The van der Waals surface area contributed by atoms with Gasteiger partial charge in [0, 0.05) is 12.1 Å². The number of ether oxygens (including phenoxy) is 1. The first kappa shape index (κ1) is 17.7. The number of benzene rings is 2. The van der Waals surface area contributed by atoms with E-state index in [1.54, 1.807) is 18.4 Å². The van der Waals surface area contributed by atoms with Crippen LogP contribution in [0.15, 0.2) is 54.1 Å². The molecule has 1 amide bonds. The molecule has 4 rings (SSSR count). The quantitative estimate of drug-likeness (QED) is 0.651. The Morgan fingerprint density at radius 1 is 1.11 bits per heavy atom. The standard InChI is InChI=1S/C22H22N2O2S/c1-14-13-24(20(25)19(14)15-9-5-7-11-17(15)26-4)22(2,3)21-23-16-10-6-8-12-18(16)27-21/h5-12H,13H2,1-4H3. The van der Waals surface area contributed by atoms with Gasteiger partial charge in [-0.2, -0.15) is 0 Å². The lowest BCUT2D eigenvalue weighted by Crippen LogP contribution is -2.43. The van der Waals surface area contributed by atoms with Crippen molar-refractivity contribution in [3.8, 4) is 5.75 Å². The lowest BCUT2D eigenvalue weighted by molar-refractivity contribution is -0.128. The number of carbonyl (C=O) groups is 1. The second kappa shape index (κ2) is 6.50. The third kappa shape index (κ3) is 2.82. The van der Waals surface area contributed by atoms with Gasteiger partial charge in [0.05, 0.1) is 28.4 Å². The van der Waals surface area contributed by atoms with E-state index in [0.29, 0.717) is 6.54 Å². The number of carbonyl (C=O) groups excluding carboxylic acids is 1. The topological polar surface area (TPSA) is 42.4 Å². The molecular formula is C22H22N2O2S. The molecule has 3 aromatic rings. The van der Waals surface area contributed by atoms with Gasteiger partial charge in [0.15, 0.2) is 0 Å². The average molecular weight is 378 g/mol. The van der Waals surface area contributed by atoms with Crippen LogP contribution in [0.4, 0.5) is 0 Å². The smallest absolute Gasteiger partial charge is 0.255 e. The zero-order valence-electron chi connectivity index (χ0n) is 15.9. The van der Waals surface area contributed by atoms with Gasteiger partial charge in [0.2, 0.25) is 0 Å². The summed E-state index contributed by atoms with van der Waals surface area (Å²) >= 11 is 1.65. The molecule has 1 aliphatic heterocycles. The van der Waals surface area contributed by atoms with E-state index in [1.807, 2.05) is 54.3 Å². The number of para-hydroxylation sites is 2. The molecule has 1 aromatic heterocycles. The number of hydrogen-bond acceptors (Lipinski definition) is 4. The van der Waals surface area contributed by atoms with E-state index < -0.39 is 5.54 Å². The van der Waals surface area contributed by atoms with Crippen LogP contribution in [0, 0.1) is 0 Å². The fourth-order valence-corrected chi connectivity index (χ4v) is 4.68. The van der Waals surface area contributed by atoms with Crippen molar-refractivity contribution < 1.29 is 9.53 Å². The zero-order chi connectivity index (χ0) is 19.2. The highest BCUT2D eigenvalue weighted by molar-refractivity contribution is 7.18. The third-order valence-corrected chi connectivity index (χ3v) is 6.50. The van der Waals surface area contributed by atoms with Crippen molar-refractivity contribution in [3.63, 3.8) is 0 Å². The zero-order valence-corrected chi connectivity index (χ0v) is 16.8. The van der Waals surface area contributed by atoms with Gasteiger partial charge in [-0.25, -0.2) is 4.98 Å². The van der Waals surface area contributed by atoms with E-state index in [0.717, 1.165) is 37.7 Å². The molecule has 0 radical (unpaired) electrons. The van der Waals surface area contributed by atoms with Crippen LogP contribution in [0.3, 0.4) is 0 Å². The molecule has 4 nitrogen and oxygen atoms in total. The molecule has 0 spiro atoms. The van der Waals surface area contributed by atoms with Gasteiger partial charge in [-0.3, -0.25) is 4.79 Å². The Labute approximate surface area is 163 Å². The minimum Gasteiger partial charge on any atom is -0.496 e. The van der Waals surface area contributed by atoms with Crippen molar-refractivity contribution in [3.05, 3.63) is 64.7 Å². The SMILES string of the molecule is COc1ccccc1C1=C(C)CN(C(C)(C)c2nc3ccccc3s2)C1=O. The fourth-order valence-electron chi connectivity index (χ4n) is 3.60. The van der Waals surface area contributed by atoms with Crippen LogP contribution in [-0.2, 0) is 10.3 Å². The number of fused-ring (bicyclic) bond motifs is 1. The number of rotatable bonds is 4. The number of hydrogen-bond donors (Lipinski definition) is 0. The second-order valence-electron chi connectivity index (χ2n) is 7.29. The summed E-state index contributed by atoms with van der Waals surface area (Å²) < 4.78 is 6.63. The fraction of sp³-hybridized carbons (Fsp3) is 0.273. The predicted octanol–water partition coefficient (Wildman–Crippen LogP) is 4.86. The van der Waals surface area contributed by atoms with Gasteiger partial charge in [-0.05, 0) is 44.5 Å². The highest BCUT2D eigenvalue weighted by atomic mass is 32.1. The highest BCUT2D eigenvalue weighted by Crippen LogP contribution is 2.41. The molecule has 0 aliphatic carbocycles. The molecule has 0 unspecified atom stereocenters. The van der Waals surface area contributed by atoms with Crippen LogP contribution in [0.1, 0.15) is 31.3 Å². The Morgan fingerprint density at radius 3 is 2.56 bits per heavy atom. The lowest BCUT2D eigenvalue weighted by atomic mass is 10.0. The van der Waals surface area contributed by atoms with E-state index >= 15 is 0 Å². The van der Waals surface area contributed by atoms with Gasteiger partial charge < -0.3 is 9.64 Å². The molecule has 138 valence electrons. The first-order valence-corrected chi connectivity index (χ1v) is 9.76. The maximum atomic E-state index is 13.4. The Bertz CT molecular complexity index is 1030. The summed E-state index contributed by atoms with van der Waals surface area (Å²) in [5.74, 6) is 0.751. The average Bonchev–Trinajstić information content (AvgIpc) is 3.23. The molecule has 0 fully saturated rings. The van der Waals surface area contributed by atoms with Gasteiger partial charge >= 0.3 is 0 Å². The molecule has 27 heavy (non-hydrogen) atoms. The molecule has 5 heteroatoms. The van der Waals surface area contributed by atoms with E-state index in [2.05, 4.69) is 19.9 Å². The summed E-state index contributed by atoms with van der Waals surface area (Å²) in [6, 6.07) is 15.8. The Hall–Kier alpha value is -2.66. The van der Waals surface area contributed by atoms with Crippen molar-refractivity contribution in [1.82, 2.24) is 9.88 Å². The maximum Gasteiger partial charge on any atom is 0.255 e. The first-order valence-electron chi connectivity index (χ1n) is 8.94. The number of amides is 1. The first-order chi connectivity index (χ1) is 12.9. The number of nitrogens with zero attached hydrogens (tertiary/aromatic N) is 2. The molecule has 2 heterocycles. The van der Waals surface area contributed by atoms with E-state index in [-0.39, 0.29) is 5.91 Å². The van der Waals surface area contributed by atoms with Crippen LogP contribution < -0.4 is 4.74 Å². The highest BCUT2D eigenvalue weighted by Gasteiger charge is 2.41. The van der Waals surface area contributed by atoms with Crippen LogP contribution in [-0.4, -0.2) is 29.4 Å². The Balaban J connectivity index is 1.73. The van der Waals surface area contributed by atoms with Gasteiger partial charge in [0.25, 0.3) is 5.91 Å². The molecule has 0 saturated heterocycles. The third-order valence-electron chi connectivity index (χ3n) is 5.15. The summed E-state index contributed by atoms with van der Waals surface area (Å²) in [5, 5.41) is 0.950. The molecule has 1 aliphatic rings. The van der Waals surface area contributed by atoms with Crippen molar-refractivity contribution in [1.29, 1.82) is 0 Å². The molecule has 0 atom stereocenters. The van der Waals surface area contributed by atoms with Crippen LogP contribution in [0.2, 0.25) is 0 Å². The van der Waals surface area contributed by atoms with E-state index in [9.17, 15) is 4.79 Å². The molecular weight excluding hydrogens is 356 g/mol. The van der Waals surface area contributed by atoms with Gasteiger partial charge in [-0.15, -0.1) is 11.3 Å². The van der Waals surface area contributed by atoms with Crippen molar-refractivity contribution in [2.24, 2.45) is 0 Å². The van der Waals surface area contributed by atoms with Crippen molar-refractivity contribution >= 4 is 33.0 Å². The van der Waals surface area contributed by atoms with E-state index in [4.69, 9.17) is 9.72 Å². The summed E-state index contributed by atoms with van der Waals surface area (Å²) in [5.41, 5.74) is 3.13. The normalized spacial score (nSPS) is 15.1. The molecule has 0 bridgehead atoms. The van der Waals surface area contributed by atoms with Crippen molar-refractivity contribution in [2.45, 2.75) is 26.3 Å². The summed E-state index contributed by atoms with van der Waals surface area (Å²) in [7, 11) is 1.64. The number of methoxy groups -OCH3 is 1. The minimum atomic E-state index is -0.494. The largest absolute Gasteiger partial charge is 0.496 e.